The van der Waals surface area contributed by atoms with Crippen LogP contribution < -0.4 is 10.2 Å². The normalized spacial score (nSPS) is 15.3. The molecule has 2 aromatic rings. The van der Waals surface area contributed by atoms with Gasteiger partial charge in [-0.25, -0.2) is 4.39 Å². The third-order valence-corrected chi connectivity index (χ3v) is 4.72. The lowest BCUT2D eigenvalue weighted by Crippen LogP contribution is -2.44. The molecule has 4 nitrogen and oxygen atoms in total. The molecule has 0 bridgehead atoms. The molecular formula is C19H21ClFN3O. The second-order valence-corrected chi connectivity index (χ2v) is 6.81. The van der Waals surface area contributed by atoms with Crippen molar-refractivity contribution in [3.63, 3.8) is 0 Å². The number of carbonyl (C=O) groups is 1. The van der Waals surface area contributed by atoms with Gasteiger partial charge in [-0.1, -0.05) is 17.7 Å². The number of benzene rings is 2. The van der Waals surface area contributed by atoms with Crippen molar-refractivity contribution >= 4 is 28.9 Å². The molecule has 0 spiro atoms. The number of hydrogen-bond donors (Lipinski definition) is 1. The summed E-state index contributed by atoms with van der Waals surface area (Å²) in [7, 11) is 2.09. The minimum atomic E-state index is -0.391. The second kappa shape index (κ2) is 7.42. The number of hydrogen-bond acceptors (Lipinski definition) is 3. The summed E-state index contributed by atoms with van der Waals surface area (Å²) in [6.45, 7) is 5.33. The van der Waals surface area contributed by atoms with Gasteiger partial charge < -0.3 is 15.1 Å². The molecule has 0 atom stereocenters. The number of halogens is 2. The van der Waals surface area contributed by atoms with E-state index in [4.69, 9.17) is 11.6 Å². The average Bonchev–Trinajstić information content (AvgIpc) is 2.58. The van der Waals surface area contributed by atoms with Crippen LogP contribution in [0.1, 0.15) is 15.9 Å². The largest absolute Gasteiger partial charge is 0.367 e. The van der Waals surface area contributed by atoms with Crippen molar-refractivity contribution in [2.24, 2.45) is 0 Å². The smallest absolute Gasteiger partial charge is 0.255 e. The van der Waals surface area contributed by atoms with Crippen molar-refractivity contribution < 1.29 is 9.18 Å². The molecule has 1 N–H and O–H groups in total. The number of aryl methyl sites for hydroxylation is 1. The molecule has 1 aliphatic heterocycles. The van der Waals surface area contributed by atoms with Crippen LogP contribution in [0, 0.1) is 12.7 Å². The van der Waals surface area contributed by atoms with Gasteiger partial charge in [-0.2, -0.15) is 0 Å². The summed E-state index contributed by atoms with van der Waals surface area (Å²) in [5.41, 5.74) is 2.37. The summed E-state index contributed by atoms with van der Waals surface area (Å²) in [6, 6.07) is 9.94. The van der Waals surface area contributed by atoms with E-state index in [1.165, 1.54) is 6.07 Å². The molecule has 2 aromatic carbocycles. The monoisotopic (exact) mass is 361 g/mol. The molecule has 0 radical (unpaired) electrons. The Hall–Kier alpha value is -2.11. The Labute approximate surface area is 152 Å². The summed E-state index contributed by atoms with van der Waals surface area (Å²) in [5, 5.41) is 3.42. The van der Waals surface area contributed by atoms with E-state index < -0.39 is 5.82 Å². The van der Waals surface area contributed by atoms with Crippen molar-refractivity contribution in [2.45, 2.75) is 6.92 Å². The van der Waals surface area contributed by atoms with E-state index >= 15 is 0 Å². The van der Waals surface area contributed by atoms with Gasteiger partial charge in [-0.15, -0.1) is 0 Å². The van der Waals surface area contributed by atoms with Gasteiger partial charge in [-0.05, 0) is 49.9 Å². The Balaban J connectivity index is 1.84. The highest BCUT2D eigenvalue weighted by Crippen LogP contribution is 2.30. The van der Waals surface area contributed by atoms with Crippen LogP contribution in [0.3, 0.4) is 0 Å². The molecule has 0 aromatic heterocycles. The molecule has 0 aliphatic carbocycles. The summed E-state index contributed by atoms with van der Waals surface area (Å²) < 4.78 is 13.7. The van der Waals surface area contributed by atoms with Crippen LogP contribution in [-0.4, -0.2) is 44.0 Å². The zero-order valence-corrected chi connectivity index (χ0v) is 15.1. The summed E-state index contributed by atoms with van der Waals surface area (Å²) in [6.07, 6.45) is 0. The molecule has 1 heterocycles. The Morgan fingerprint density at radius 1 is 1.12 bits per heavy atom. The molecular weight excluding hydrogens is 341 g/mol. The van der Waals surface area contributed by atoms with Crippen LogP contribution >= 0.6 is 11.6 Å². The van der Waals surface area contributed by atoms with E-state index in [1.807, 2.05) is 12.1 Å². The van der Waals surface area contributed by atoms with E-state index in [0.717, 1.165) is 31.9 Å². The Morgan fingerprint density at radius 3 is 2.52 bits per heavy atom. The quantitative estimate of drug-likeness (QED) is 0.903. The van der Waals surface area contributed by atoms with E-state index in [9.17, 15) is 9.18 Å². The molecule has 1 saturated heterocycles. The highest BCUT2D eigenvalue weighted by atomic mass is 35.5. The van der Waals surface area contributed by atoms with Crippen LogP contribution in [0.4, 0.5) is 15.8 Å². The fraction of sp³-hybridized carbons (Fsp3) is 0.316. The van der Waals surface area contributed by atoms with Gasteiger partial charge in [0.2, 0.25) is 0 Å². The molecule has 1 amide bonds. The van der Waals surface area contributed by atoms with E-state index in [2.05, 4.69) is 22.2 Å². The lowest BCUT2D eigenvalue weighted by atomic mass is 10.1. The minimum Gasteiger partial charge on any atom is -0.367 e. The SMILES string of the molecule is Cc1ccc(C(=O)Nc2cc(Cl)ccc2N2CCN(C)CC2)cc1F. The van der Waals surface area contributed by atoms with Crippen LogP contribution in [0.5, 0.6) is 0 Å². The van der Waals surface area contributed by atoms with Crippen molar-refractivity contribution in [1.29, 1.82) is 0 Å². The van der Waals surface area contributed by atoms with Gasteiger partial charge in [0, 0.05) is 36.8 Å². The van der Waals surface area contributed by atoms with Crippen molar-refractivity contribution in [1.82, 2.24) is 4.90 Å². The fourth-order valence-electron chi connectivity index (χ4n) is 2.86. The van der Waals surface area contributed by atoms with E-state index in [0.29, 0.717) is 16.3 Å². The Morgan fingerprint density at radius 2 is 1.84 bits per heavy atom. The number of nitrogens with one attached hydrogen (secondary N) is 1. The van der Waals surface area contributed by atoms with Gasteiger partial charge in [0.05, 0.1) is 11.4 Å². The van der Waals surface area contributed by atoms with Crippen LogP contribution in [-0.2, 0) is 0 Å². The van der Waals surface area contributed by atoms with Gasteiger partial charge in [0.15, 0.2) is 0 Å². The van der Waals surface area contributed by atoms with E-state index in [1.54, 1.807) is 25.1 Å². The lowest BCUT2D eigenvalue weighted by Gasteiger charge is -2.35. The topological polar surface area (TPSA) is 35.6 Å². The first-order valence-corrected chi connectivity index (χ1v) is 8.62. The predicted molar refractivity (Wildman–Crippen MR) is 100 cm³/mol. The number of amides is 1. The molecule has 6 heteroatoms. The van der Waals surface area contributed by atoms with Crippen molar-refractivity contribution in [2.75, 3.05) is 43.4 Å². The third kappa shape index (κ3) is 4.11. The zero-order chi connectivity index (χ0) is 18.0. The van der Waals surface area contributed by atoms with E-state index in [-0.39, 0.29) is 11.5 Å². The first kappa shape index (κ1) is 17.7. The predicted octanol–water partition coefficient (Wildman–Crippen LogP) is 3.79. The van der Waals surface area contributed by atoms with Crippen LogP contribution in [0.25, 0.3) is 0 Å². The number of likely N-dealkylation sites (N-methyl/N-ethyl adjacent to an activating group) is 1. The van der Waals surface area contributed by atoms with Gasteiger partial charge in [0.1, 0.15) is 5.82 Å². The molecule has 1 fully saturated rings. The maximum atomic E-state index is 13.7. The zero-order valence-electron chi connectivity index (χ0n) is 14.4. The first-order chi connectivity index (χ1) is 11.9. The fourth-order valence-corrected chi connectivity index (χ4v) is 3.03. The Bertz CT molecular complexity index is 788. The Kier molecular flexibility index (Phi) is 5.25. The highest BCUT2D eigenvalue weighted by Gasteiger charge is 2.19. The number of nitrogens with zero attached hydrogens (tertiary/aromatic N) is 2. The summed E-state index contributed by atoms with van der Waals surface area (Å²) in [5.74, 6) is -0.741. The van der Waals surface area contributed by atoms with Gasteiger partial charge in [-0.3, -0.25) is 4.79 Å². The standard InChI is InChI=1S/C19H21ClFN3O/c1-13-3-4-14(11-16(13)21)19(25)22-17-12-15(20)5-6-18(17)24-9-7-23(2)8-10-24/h3-6,11-12H,7-10H2,1-2H3,(H,22,25). The molecule has 132 valence electrons. The number of anilines is 2. The second-order valence-electron chi connectivity index (χ2n) is 6.37. The van der Waals surface area contributed by atoms with Crippen molar-refractivity contribution in [3.8, 4) is 0 Å². The molecule has 1 aliphatic rings. The summed E-state index contributed by atoms with van der Waals surface area (Å²) >= 11 is 6.12. The van der Waals surface area contributed by atoms with Crippen LogP contribution in [0.2, 0.25) is 5.02 Å². The third-order valence-electron chi connectivity index (χ3n) is 4.48. The maximum absolute atomic E-state index is 13.7. The molecule has 0 saturated carbocycles. The molecule has 25 heavy (non-hydrogen) atoms. The number of carbonyl (C=O) groups excluding carboxylic acids is 1. The average molecular weight is 362 g/mol. The molecule has 3 rings (SSSR count). The number of rotatable bonds is 3. The number of piperazine rings is 1. The lowest BCUT2D eigenvalue weighted by molar-refractivity contribution is 0.102. The maximum Gasteiger partial charge on any atom is 0.255 e. The van der Waals surface area contributed by atoms with Crippen LogP contribution in [0.15, 0.2) is 36.4 Å². The minimum absolute atomic E-state index is 0.285. The summed E-state index contributed by atoms with van der Waals surface area (Å²) in [4.78, 5) is 17.0. The molecule has 0 unspecified atom stereocenters. The van der Waals surface area contributed by atoms with Gasteiger partial charge in [0.25, 0.3) is 5.91 Å². The first-order valence-electron chi connectivity index (χ1n) is 8.24. The highest BCUT2D eigenvalue weighted by molar-refractivity contribution is 6.31. The van der Waals surface area contributed by atoms with Crippen molar-refractivity contribution in [3.05, 3.63) is 58.4 Å². The van der Waals surface area contributed by atoms with Gasteiger partial charge >= 0.3 is 0 Å².